The van der Waals surface area contributed by atoms with Gasteiger partial charge < -0.3 is 36.1 Å². The van der Waals surface area contributed by atoms with Crippen LogP contribution in [0.1, 0.15) is 25.7 Å². The summed E-state index contributed by atoms with van der Waals surface area (Å²) in [6.07, 6.45) is -0.851. The van der Waals surface area contributed by atoms with E-state index in [9.17, 15) is 14.4 Å². The molecule has 0 aliphatic heterocycles. The summed E-state index contributed by atoms with van der Waals surface area (Å²) in [6, 6.07) is 0. The first-order chi connectivity index (χ1) is 8.69. The normalized spacial score (nSPS) is 9.75. The zero-order valence-electron chi connectivity index (χ0n) is 10.7. The van der Waals surface area contributed by atoms with Gasteiger partial charge in [0, 0.05) is 13.2 Å². The molecule has 0 amide bonds. The lowest BCUT2D eigenvalue weighted by Crippen LogP contribution is -2.42. The maximum absolute atomic E-state index is 10.3. The van der Waals surface area contributed by atoms with Gasteiger partial charge in [-0.05, 0) is 12.8 Å². The Morgan fingerprint density at radius 1 is 0.800 bits per heavy atom. The molecule has 0 rings (SSSR count). The van der Waals surface area contributed by atoms with Crippen molar-refractivity contribution < 1.29 is 50.5 Å². The van der Waals surface area contributed by atoms with Gasteiger partial charge in [0.2, 0.25) is 0 Å². The molecular weight excluding hydrogens is 280 g/mol. The van der Waals surface area contributed by atoms with Crippen molar-refractivity contribution in [1.82, 2.24) is 0 Å². The second kappa shape index (κ2) is 12.3. The molecule has 10 nitrogen and oxygen atoms in total. The Labute approximate surface area is 114 Å². The Kier molecular flexibility index (Phi) is 14.4. The quantitative estimate of drug-likeness (QED) is 0.266. The highest BCUT2D eigenvalue weighted by Gasteiger charge is 2.40. The van der Waals surface area contributed by atoms with Gasteiger partial charge in [0.1, 0.15) is 0 Å². The van der Waals surface area contributed by atoms with Gasteiger partial charge in [0.05, 0.1) is 12.8 Å². The molecule has 0 aliphatic carbocycles. The van der Waals surface area contributed by atoms with E-state index in [1.807, 2.05) is 0 Å². The van der Waals surface area contributed by atoms with Crippen molar-refractivity contribution in [3.63, 3.8) is 0 Å². The number of unbranched alkanes of at least 4 members (excludes halogenated alkanes) is 1. The van der Waals surface area contributed by atoms with Crippen LogP contribution in [0.5, 0.6) is 0 Å². The molecule has 0 atom stereocenters. The second-order valence-corrected chi connectivity index (χ2v) is 3.63. The van der Waals surface area contributed by atoms with Gasteiger partial charge in [-0.15, -0.1) is 0 Å². The first-order valence-electron chi connectivity index (χ1n) is 5.30. The van der Waals surface area contributed by atoms with E-state index in [-0.39, 0.29) is 18.7 Å². The number of aliphatic hydroxyl groups is 3. The minimum atomic E-state index is -2.74. The van der Waals surface area contributed by atoms with Crippen LogP contribution in [0.15, 0.2) is 0 Å². The highest BCUT2D eigenvalue weighted by molar-refractivity contribution is 5.88. The van der Waals surface area contributed by atoms with Crippen molar-refractivity contribution in [2.45, 2.75) is 31.3 Å². The Morgan fingerprint density at radius 3 is 1.25 bits per heavy atom. The second-order valence-electron chi connectivity index (χ2n) is 3.63. The zero-order chi connectivity index (χ0) is 15.5. The highest BCUT2D eigenvalue weighted by Crippen LogP contribution is 2.15. The lowest BCUT2D eigenvalue weighted by atomic mass is 9.96. The average Bonchev–Trinajstić information content (AvgIpc) is 2.24. The zero-order valence-corrected chi connectivity index (χ0v) is 10.7. The summed E-state index contributed by atoms with van der Waals surface area (Å²) in [7, 11) is 0. The van der Waals surface area contributed by atoms with Gasteiger partial charge >= 0.3 is 17.9 Å². The van der Waals surface area contributed by atoms with E-state index in [2.05, 4.69) is 0 Å². The molecule has 0 aliphatic rings. The van der Waals surface area contributed by atoms with Gasteiger partial charge in [-0.2, -0.15) is 0 Å². The first-order valence-corrected chi connectivity index (χ1v) is 5.30. The topological polar surface area (TPSA) is 204 Å². The minimum Gasteiger partial charge on any atom is -0.481 e. The fraction of sp³-hybridized carbons (Fsp3) is 0.700. The van der Waals surface area contributed by atoms with Crippen LogP contribution in [-0.4, -0.2) is 72.8 Å². The predicted molar refractivity (Wildman–Crippen MR) is 64.1 cm³/mol. The fourth-order valence-corrected chi connectivity index (χ4v) is 0.938. The van der Waals surface area contributed by atoms with E-state index in [4.69, 9.17) is 30.6 Å². The summed E-state index contributed by atoms with van der Waals surface area (Å²) in [5, 5.41) is 50.0. The summed E-state index contributed by atoms with van der Waals surface area (Å²) in [4.78, 5) is 30.5. The summed E-state index contributed by atoms with van der Waals surface area (Å²) in [6.45, 7) is 0.390. The maximum Gasteiger partial charge on any atom is 0.336 e. The monoisotopic (exact) mass is 300 g/mol. The van der Waals surface area contributed by atoms with Gasteiger partial charge in [-0.1, -0.05) is 0 Å². The van der Waals surface area contributed by atoms with E-state index < -0.39 is 36.4 Å². The Hall–Kier alpha value is -1.75. The molecule has 0 aromatic rings. The van der Waals surface area contributed by atoms with Crippen LogP contribution in [-0.2, 0) is 14.4 Å². The largest absolute Gasteiger partial charge is 0.481 e. The maximum atomic E-state index is 10.3. The molecule has 0 unspecified atom stereocenters. The van der Waals surface area contributed by atoms with Crippen molar-refractivity contribution in [1.29, 1.82) is 0 Å². The van der Waals surface area contributed by atoms with Crippen LogP contribution < -0.4 is 0 Å². The van der Waals surface area contributed by atoms with E-state index >= 15 is 0 Å². The van der Waals surface area contributed by atoms with Gasteiger partial charge in [0.25, 0.3) is 0 Å². The SMILES string of the molecule is O.O=C(O)CC(O)(CC(=O)O)C(=O)O.OCCCCO. The number of aliphatic carboxylic acids is 3. The standard InChI is InChI=1S/C6H8O7.C4H10O2.H2O/c7-3(8)1-6(13,5(11)12)2-4(9)10;5-3-1-2-4-6;/h13H,1-2H2,(H,7,8)(H,9,10)(H,11,12);5-6H,1-4H2;1H2. The molecule has 20 heavy (non-hydrogen) atoms. The third-order valence-corrected chi connectivity index (χ3v) is 1.85. The number of rotatable bonds is 8. The van der Waals surface area contributed by atoms with Gasteiger partial charge in [-0.25, -0.2) is 4.79 Å². The molecule has 8 N–H and O–H groups in total. The average molecular weight is 300 g/mol. The van der Waals surface area contributed by atoms with E-state index in [0.717, 1.165) is 12.8 Å². The van der Waals surface area contributed by atoms with Crippen molar-refractivity contribution >= 4 is 17.9 Å². The van der Waals surface area contributed by atoms with Crippen molar-refractivity contribution in [2.24, 2.45) is 0 Å². The number of aliphatic hydroxyl groups excluding tert-OH is 2. The summed E-state index contributed by atoms with van der Waals surface area (Å²) < 4.78 is 0. The molecule has 0 fully saturated rings. The van der Waals surface area contributed by atoms with Crippen LogP contribution in [0.25, 0.3) is 0 Å². The van der Waals surface area contributed by atoms with Crippen LogP contribution in [0, 0.1) is 0 Å². The molecule has 0 saturated carbocycles. The molecule has 10 heteroatoms. The fourth-order valence-electron chi connectivity index (χ4n) is 0.938. The van der Waals surface area contributed by atoms with E-state index in [1.54, 1.807) is 0 Å². The van der Waals surface area contributed by atoms with E-state index in [0.29, 0.717) is 0 Å². The molecule has 0 aromatic carbocycles. The number of carboxylic acids is 3. The van der Waals surface area contributed by atoms with Crippen LogP contribution in [0.3, 0.4) is 0 Å². The molecule has 0 bridgehead atoms. The summed E-state index contributed by atoms with van der Waals surface area (Å²) >= 11 is 0. The van der Waals surface area contributed by atoms with Gasteiger partial charge in [0.15, 0.2) is 5.60 Å². The molecule has 0 spiro atoms. The lowest BCUT2D eigenvalue weighted by Gasteiger charge is -2.18. The Bertz CT molecular complexity index is 280. The number of carboxylic acid groups (broad SMARTS) is 3. The summed E-state index contributed by atoms with van der Waals surface area (Å²) in [5.41, 5.74) is -2.74. The third kappa shape index (κ3) is 12.7. The molecule has 0 radical (unpaired) electrons. The summed E-state index contributed by atoms with van der Waals surface area (Å²) in [5.74, 6) is -5.02. The predicted octanol–water partition coefficient (Wildman–Crippen LogP) is -2.32. The van der Waals surface area contributed by atoms with Gasteiger partial charge in [-0.3, -0.25) is 9.59 Å². The van der Waals surface area contributed by atoms with E-state index in [1.165, 1.54) is 0 Å². The van der Waals surface area contributed by atoms with Crippen LogP contribution in [0.2, 0.25) is 0 Å². The Balaban J connectivity index is -0.000000352. The molecule has 0 saturated heterocycles. The molecule has 120 valence electrons. The number of hydrogen-bond donors (Lipinski definition) is 6. The Morgan fingerprint density at radius 2 is 1.10 bits per heavy atom. The first kappa shape index (κ1) is 23.4. The molecular formula is C10H20O10. The molecule has 0 heterocycles. The van der Waals surface area contributed by atoms with Crippen LogP contribution >= 0.6 is 0 Å². The van der Waals surface area contributed by atoms with Crippen molar-refractivity contribution in [2.75, 3.05) is 13.2 Å². The molecule has 0 aromatic heterocycles. The van der Waals surface area contributed by atoms with Crippen molar-refractivity contribution in [3.8, 4) is 0 Å². The lowest BCUT2D eigenvalue weighted by molar-refractivity contribution is -0.170. The minimum absolute atomic E-state index is 0. The van der Waals surface area contributed by atoms with Crippen LogP contribution in [0.4, 0.5) is 0 Å². The highest BCUT2D eigenvalue weighted by atomic mass is 16.4. The smallest absolute Gasteiger partial charge is 0.336 e. The third-order valence-electron chi connectivity index (χ3n) is 1.85. The van der Waals surface area contributed by atoms with Crippen molar-refractivity contribution in [3.05, 3.63) is 0 Å². The number of hydrogen-bond acceptors (Lipinski definition) is 6. The number of carbonyl (C=O) groups is 3.